The monoisotopic (exact) mass is 318 g/mol. The zero-order valence-electron chi connectivity index (χ0n) is 13.2. The second-order valence-electron chi connectivity index (χ2n) is 5.00. The number of carbonyl (C=O) groups is 1. The number of hydrogen-bond donors (Lipinski definition) is 1. The second kappa shape index (κ2) is 7.01. The number of benzene rings is 1. The Labute approximate surface area is 133 Å². The van der Waals surface area contributed by atoms with Gasteiger partial charge in [0.05, 0.1) is 18.1 Å². The third-order valence-corrected chi connectivity index (χ3v) is 3.38. The van der Waals surface area contributed by atoms with E-state index in [1.165, 1.54) is 0 Å². The Morgan fingerprint density at radius 1 is 1.35 bits per heavy atom. The summed E-state index contributed by atoms with van der Waals surface area (Å²) in [4.78, 5) is 27.2. The number of carbonyl (C=O) groups excluding carboxylic acids is 1. The number of amides is 1. The van der Waals surface area contributed by atoms with Crippen molar-refractivity contribution in [3.8, 4) is 0 Å². The summed E-state index contributed by atoms with van der Waals surface area (Å²) in [6.07, 6.45) is 0. The minimum atomic E-state index is -0.421. The first-order chi connectivity index (χ1) is 10.9. The van der Waals surface area contributed by atoms with Gasteiger partial charge in [-0.05, 0) is 38.5 Å². The lowest BCUT2D eigenvalue weighted by atomic mass is 10.1. The van der Waals surface area contributed by atoms with E-state index < -0.39 is 4.92 Å². The van der Waals surface area contributed by atoms with Crippen LogP contribution < -0.4 is 5.48 Å². The van der Waals surface area contributed by atoms with Crippen LogP contribution in [0.15, 0.2) is 24.3 Å². The van der Waals surface area contributed by atoms with Crippen LogP contribution in [-0.2, 0) is 11.4 Å². The molecule has 0 aliphatic rings. The highest BCUT2D eigenvalue weighted by Gasteiger charge is 2.21. The highest BCUT2D eigenvalue weighted by atomic mass is 16.6. The second-order valence-corrected chi connectivity index (χ2v) is 5.00. The van der Waals surface area contributed by atoms with Crippen LogP contribution in [-0.4, -0.2) is 27.2 Å². The molecule has 2 rings (SSSR count). The summed E-state index contributed by atoms with van der Waals surface area (Å²) in [5.41, 5.74) is 4.61. The largest absolute Gasteiger partial charge is 0.312 e. The summed E-state index contributed by atoms with van der Waals surface area (Å²) in [6, 6.07) is 6.90. The Bertz CT molecular complexity index is 722. The number of rotatable bonds is 6. The maximum atomic E-state index is 11.7. The summed E-state index contributed by atoms with van der Waals surface area (Å²) in [7, 11) is 0. The molecule has 0 saturated carbocycles. The lowest BCUT2D eigenvalue weighted by Gasteiger charge is -2.06. The third kappa shape index (κ3) is 3.72. The molecule has 8 nitrogen and oxygen atoms in total. The molecule has 23 heavy (non-hydrogen) atoms. The smallest absolute Gasteiger partial charge is 0.274 e. The highest BCUT2D eigenvalue weighted by Crippen LogP contribution is 2.22. The molecule has 0 radical (unpaired) electrons. The summed E-state index contributed by atoms with van der Waals surface area (Å²) in [5, 5.41) is 15.2. The van der Waals surface area contributed by atoms with E-state index in [0.717, 1.165) is 5.56 Å². The number of aryl methyl sites for hydroxylation is 1. The number of nitro groups is 1. The van der Waals surface area contributed by atoms with E-state index in [4.69, 9.17) is 4.84 Å². The molecule has 122 valence electrons. The van der Waals surface area contributed by atoms with Gasteiger partial charge in [0.15, 0.2) is 0 Å². The van der Waals surface area contributed by atoms with Crippen LogP contribution in [0.5, 0.6) is 0 Å². The summed E-state index contributed by atoms with van der Waals surface area (Å²) in [5.74, 6) is -0.319. The van der Waals surface area contributed by atoms with E-state index in [1.807, 2.05) is 0 Å². The quantitative estimate of drug-likeness (QED) is 0.650. The topological polar surface area (TPSA) is 99.3 Å². The molecule has 0 bridgehead atoms. The predicted octanol–water partition coefficient (Wildman–Crippen LogP) is 2.14. The van der Waals surface area contributed by atoms with Gasteiger partial charge in [-0.25, -0.2) is 5.48 Å². The molecule has 0 spiro atoms. The highest BCUT2D eigenvalue weighted by molar-refractivity contribution is 5.93. The van der Waals surface area contributed by atoms with Gasteiger partial charge in [-0.1, -0.05) is 12.1 Å². The molecule has 1 aromatic carbocycles. The number of nitrogens with zero attached hydrogens (tertiary/aromatic N) is 3. The molecule has 1 aromatic heterocycles. The van der Waals surface area contributed by atoms with Crippen molar-refractivity contribution in [2.24, 2.45) is 0 Å². The van der Waals surface area contributed by atoms with Crippen LogP contribution in [0.3, 0.4) is 0 Å². The Balaban J connectivity index is 2.14. The maximum Gasteiger partial charge on any atom is 0.312 e. The van der Waals surface area contributed by atoms with Gasteiger partial charge in [0.25, 0.3) is 5.91 Å². The van der Waals surface area contributed by atoms with Gasteiger partial charge < -0.3 is 0 Å². The Morgan fingerprint density at radius 3 is 2.52 bits per heavy atom. The Morgan fingerprint density at radius 2 is 2.00 bits per heavy atom. The van der Waals surface area contributed by atoms with Crippen LogP contribution in [0.4, 0.5) is 5.69 Å². The molecule has 1 heterocycles. The standard InChI is InChI=1S/C15H18N4O4/c1-4-23-17-15(20)13-7-5-12(6-8-13)9-18-11(3)14(19(21)22)10(2)16-18/h5-8H,4,9H2,1-3H3,(H,17,20). The van der Waals surface area contributed by atoms with E-state index in [2.05, 4.69) is 10.6 Å². The Hall–Kier alpha value is -2.74. The molecule has 8 heteroatoms. The molecule has 0 fully saturated rings. The predicted molar refractivity (Wildman–Crippen MR) is 83.0 cm³/mol. The number of hydroxylamine groups is 1. The molecule has 0 aliphatic heterocycles. The van der Waals surface area contributed by atoms with Crippen molar-refractivity contribution < 1.29 is 14.6 Å². The fourth-order valence-corrected chi connectivity index (χ4v) is 2.24. The van der Waals surface area contributed by atoms with E-state index in [1.54, 1.807) is 49.7 Å². The summed E-state index contributed by atoms with van der Waals surface area (Å²) < 4.78 is 1.59. The lowest BCUT2D eigenvalue weighted by molar-refractivity contribution is -0.386. The maximum absolute atomic E-state index is 11.7. The van der Waals surface area contributed by atoms with Gasteiger partial charge in [-0.15, -0.1) is 0 Å². The van der Waals surface area contributed by atoms with Crippen LogP contribution in [0.1, 0.15) is 34.2 Å². The number of nitrogens with one attached hydrogen (secondary N) is 1. The number of hydrogen-bond acceptors (Lipinski definition) is 5. The molecular weight excluding hydrogens is 300 g/mol. The fraction of sp³-hybridized carbons (Fsp3) is 0.333. The van der Waals surface area contributed by atoms with E-state index >= 15 is 0 Å². The van der Waals surface area contributed by atoms with Crippen molar-refractivity contribution in [2.75, 3.05) is 6.61 Å². The molecule has 1 amide bonds. The van der Waals surface area contributed by atoms with Gasteiger partial charge in [-0.2, -0.15) is 5.10 Å². The normalized spacial score (nSPS) is 10.6. The molecular formula is C15H18N4O4. The zero-order valence-corrected chi connectivity index (χ0v) is 13.2. The van der Waals surface area contributed by atoms with Crippen LogP contribution >= 0.6 is 0 Å². The lowest BCUT2D eigenvalue weighted by Crippen LogP contribution is -2.23. The number of aromatic nitrogens is 2. The van der Waals surface area contributed by atoms with Crippen molar-refractivity contribution in [1.82, 2.24) is 15.3 Å². The minimum Gasteiger partial charge on any atom is -0.274 e. The molecule has 0 saturated heterocycles. The minimum absolute atomic E-state index is 0.0395. The van der Waals surface area contributed by atoms with Crippen molar-refractivity contribution >= 4 is 11.6 Å². The van der Waals surface area contributed by atoms with Crippen LogP contribution in [0.25, 0.3) is 0 Å². The SMILES string of the molecule is CCONC(=O)c1ccc(Cn2nc(C)c([N+](=O)[O-])c2C)cc1. The van der Waals surface area contributed by atoms with Crippen molar-refractivity contribution in [3.63, 3.8) is 0 Å². The summed E-state index contributed by atoms with van der Waals surface area (Å²) in [6.45, 7) is 5.84. The molecule has 1 N–H and O–H groups in total. The fourth-order valence-electron chi connectivity index (χ4n) is 2.24. The van der Waals surface area contributed by atoms with Gasteiger partial charge >= 0.3 is 5.69 Å². The van der Waals surface area contributed by atoms with E-state index in [0.29, 0.717) is 30.1 Å². The summed E-state index contributed by atoms with van der Waals surface area (Å²) >= 11 is 0. The van der Waals surface area contributed by atoms with Gasteiger partial charge in [-0.3, -0.25) is 24.4 Å². The van der Waals surface area contributed by atoms with Crippen molar-refractivity contribution in [2.45, 2.75) is 27.3 Å². The molecule has 2 aromatic rings. The zero-order chi connectivity index (χ0) is 17.0. The van der Waals surface area contributed by atoms with Crippen LogP contribution in [0.2, 0.25) is 0 Å². The van der Waals surface area contributed by atoms with E-state index in [9.17, 15) is 14.9 Å². The van der Waals surface area contributed by atoms with Crippen molar-refractivity contribution in [3.05, 3.63) is 56.9 Å². The average molecular weight is 318 g/mol. The van der Waals surface area contributed by atoms with Crippen LogP contribution in [0, 0.1) is 24.0 Å². The molecule has 0 aliphatic carbocycles. The molecule has 0 atom stereocenters. The van der Waals surface area contributed by atoms with Gasteiger partial charge in [0.2, 0.25) is 0 Å². The Kier molecular flexibility index (Phi) is 5.07. The van der Waals surface area contributed by atoms with Gasteiger partial charge in [0, 0.05) is 5.56 Å². The first-order valence-electron chi connectivity index (χ1n) is 7.13. The van der Waals surface area contributed by atoms with Crippen molar-refractivity contribution in [1.29, 1.82) is 0 Å². The first-order valence-corrected chi connectivity index (χ1v) is 7.13. The first kappa shape index (κ1) is 16.6. The van der Waals surface area contributed by atoms with Gasteiger partial charge in [0.1, 0.15) is 11.4 Å². The van der Waals surface area contributed by atoms with E-state index in [-0.39, 0.29) is 11.6 Å². The molecule has 0 unspecified atom stereocenters. The third-order valence-electron chi connectivity index (χ3n) is 3.38. The average Bonchev–Trinajstić information content (AvgIpc) is 2.79.